The molecule has 0 aromatic carbocycles. The molecule has 12 aromatic rings. The van der Waals surface area contributed by atoms with Crippen molar-refractivity contribution in [2.75, 3.05) is 0 Å². The summed E-state index contributed by atoms with van der Waals surface area (Å²) < 4.78 is 134. The lowest BCUT2D eigenvalue weighted by molar-refractivity contribution is 0.375. The van der Waals surface area contributed by atoms with Crippen molar-refractivity contribution >= 4 is 67.0 Å². The molecule has 18 heteroatoms. The van der Waals surface area contributed by atoms with Crippen molar-refractivity contribution < 1.29 is 79.3 Å². The summed E-state index contributed by atoms with van der Waals surface area (Å²) >= 11 is 0. The Morgan fingerprint density at radius 3 is 1.24 bits per heavy atom. The quantitative estimate of drug-likeness (QED) is 0.133. The Morgan fingerprint density at radius 2 is 0.707 bits per heavy atom. The van der Waals surface area contributed by atoms with E-state index in [9.17, 15) is 26.3 Å². The van der Waals surface area contributed by atoms with E-state index >= 15 is 0 Å². The Labute approximate surface area is 432 Å². The lowest BCUT2D eigenvalue weighted by atomic mass is 10.3. The lowest BCUT2D eigenvalue weighted by Gasteiger charge is -1.83. The van der Waals surface area contributed by atoms with Gasteiger partial charge in [-0.1, -0.05) is 83.1 Å². The van der Waals surface area contributed by atoms with Gasteiger partial charge < -0.3 is 53.0 Å². The van der Waals surface area contributed by atoms with Crippen LogP contribution in [0.15, 0.2) is 108 Å². The molecule has 0 fully saturated rings. The molecular formula is C57H72F6O12. The van der Waals surface area contributed by atoms with E-state index in [0.717, 1.165) is 34.0 Å². The van der Waals surface area contributed by atoms with Crippen molar-refractivity contribution in [3.05, 3.63) is 142 Å². The first-order valence-electron chi connectivity index (χ1n) is 24.7. The van der Waals surface area contributed by atoms with Gasteiger partial charge in [0.2, 0.25) is 0 Å². The third-order valence-electron chi connectivity index (χ3n) is 9.35. The van der Waals surface area contributed by atoms with Crippen LogP contribution in [0.25, 0.3) is 67.0 Å². The van der Waals surface area contributed by atoms with Crippen LogP contribution in [0.2, 0.25) is 0 Å². The summed E-state index contributed by atoms with van der Waals surface area (Å²) in [7, 11) is 0. The Morgan fingerprint density at radius 1 is 0.293 bits per heavy atom. The molecule has 0 bridgehead atoms. The summed E-state index contributed by atoms with van der Waals surface area (Å²) in [6, 6.07) is 5.14. The molecule has 12 aromatic heterocycles. The summed E-state index contributed by atoms with van der Waals surface area (Å²) in [5.74, 6) is 2.24. The third-order valence-corrected chi connectivity index (χ3v) is 9.35. The molecule has 414 valence electrons. The minimum Gasteiger partial charge on any atom is -0.460 e. The van der Waals surface area contributed by atoms with E-state index in [1.165, 1.54) is 30.7 Å². The number of hydrogen-bond donors (Lipinski definition) is 0. The van der Waals surface area contributed by atoms with Crippen LogP contribution in [0.5, 0.6) is 0 Å². The van der Waals surface area contributed by atoms with Crippen molar-refractivity contribution in [1.82, 2.24) is 0 Å². The highest BCUT2D eigenvalue weighted by atomic mass is 19.2. The minimum atomic E-state index is -0.603. The minimum absolute atomic E-state index is 0.431. The van der Waals surface area contributed by atoms with Gasteiger partial charge in [0.1, 0.15) is 17.3 Å². The number of rotatable bonds is 0. The van der Waals surface area contributed by atoms with Crippen molar-refractivity contribution in [3.63, 3.8) is 0 Å². The fourth-order valence-electron chi connectivity index (χ4n) is 6.00. The third kappa shape index (κ3) is 16.8. The zero-order valence-electron chi connectivity index (χ0n) is 46.9. The first-order valence-corrected chi connectivity index (χ1v) is 24.7. The maximum Gasteiger partial charge on any atom is 0.285 e. The number of fused-ring (bicyclic) bond motifs is 6. The lowest BCUT2D eigenvalue weighted by Crippen LogP contribution is -1.69. The van der Waals surface area contributed by atoms with Crippen LogP contribution in [0.1, 0.15) is 134 Å². The molecule has 0 N–H and O–H groups in total. The monoisotopic (exact) mass is 1060 g/mol. The Bertz CT molecular complexity index is 3300. The van der Waals surface area contributed by atoms with Crippen LogP contribution in [0.3, 0.4) is 0 Å². The van der Waals surface area contributed by atoms with E-state index in [1.807, 2.05) is 104 Å². The zero-order chi connectivity index (χ0) is 57.4. The average molecular weight is 1060 g/mol. The van der Waals surface area contributed by atoms with E-state index in [1.54, 1.807) is 66.0 Å². The summed E-state index contributed by atoms with van der Waals surface area (Å²) in [4.78, 5) is 0. The molecule has 12 nitrogen and oxygen atoms in total. The SMILES string of the molecule is CC.CC.CC.CC.CC.CC.Cc1c(F)oc2ccoc12.Cc1cc2oc(F)c(C)c2o1.Cc1cc2oc(F)cc2o1.Cc1coc2c(C)c(F)oc12.Cc1coc2cc(F)oc12.Cc1oc2cc(F)oc2c1C. The van der Waals surface area contributed by atoms with Crippen LogP contribution in [-0.4, -0.2) is 0 Å². The van der Waals surface area contributed by atoms with Crippen molar-refractivity contribution in [3.8, 4) is 0 Å². The van der Waals surface area contributed by atoms with E-state index in [4.69, 9.17) is 39.8 Å². The van der Waals surface area contributed by atoms with Crippen LogP contribution in [0, 0.1) is 98.4 Å². The number of hydrogen-bond acceptors (Lipinski definition) is 12. The fourth-order valence-corrected chi connectivity index (χ4v) is 6.00. The number of halogens is 6. The first-order chi connectivity index (χ1) is 35.9. The van der Waals surface area contributed by atoms with Gasteiger partial charge in [-0.05, 0) is 62.3 Å². The average Bonchev–Trinajstić information content (AvgIpc) is 4.30. The molecule has 0 aliphatic carbocycles. The molecule has 0 saturated carbocycles. The van der Waals surface area contributed by atoms with Gasteiger partial charge in [-0.15, -0.1) is 0 Å². The molecule has 12 heterocycles. The van der Waals surface area contributed by atoms with Crippen molar-refractivity contribution in [2.24, 2.45) is 0 Å². The molecule has 75 heavy (non-hydrogen) atoms. The van der Waals surface area contributed by atoms with Gasteiger partial charge in [-0.2, -0.15) is 26.3 Å². The number of furan rings is 12. The van der Waals surface area contributed by atoms with Gasteiger partial charge in [0.05, 0.1) is 53.7 Å². The van der Waals surface area contributed by atoms with Gasteiger partial charge in [0, 0.05) is 34.9 Å². The van der Waals surface area contributed by atoms with E-state index < -0.39 is 36.1 Å². The zero-order valence-corrected chi connectivity index (χ0v) is 46.9. The number of aryl methyl sites for hydroxylation is 9. The van der Waals surface area contributed by atoms with E-state index in [2.05, 4.69) is 13.3 Å². The highest BCUT2D eigenvalue weighted by Crippen LogP contribution is 2.30. The standard InChI is InChI=1S/3C8H7FO2.3C7H5FO2.6C2H6/c1-4-5(2)10-6-3-7(9)11-8(4)6;1-4-3-10-7-5(2)8(9)11-6(4)7;1-4-3-6-7(10-4)5(2)8(9)11-6;1-4-3-9-5-2-6(8)10-7(4)5;1-4-2-5-6(9-4)3-7(8)10-5;1-4-6-5(2-3-9-6)10-7(4)8;6*1-2/h3*3H,1-2H3;3*2-3H,1H3;6*1-2H3. The van der Waals surface area contributed by atoms with Gasteiger partial charge in [-0.3, -0.25) is 0 Å². The highest BCUT2D eigenvalue weighted by molar-refractivity contribution is 5.78. The van der Waals surface area contributed by atoms with Crippen molar-refractivity contribution in [2.45, 2.75) is 145 Å². The summed E-state index contributed by atoms with van der Waals surface area (Å²) in [5.41, 5.74) is 9.70. The molecule has 0 spiro atoms. The highest BCUT2D eigenvalue weighted by Gasteiger charge is 2.16. The summed E-state index contributed by atoms with van der Waals surface area (Å²) in [6.45, 7) is 39.7. The van der Waals surface area contributed by atoms with Crippen LogP contribution in [0.4, 0.5) is 26.3 Å². The van der Waals surface area contributed by atoms with E-state index in [0.29, 0.717) is 83.7 Å². The van der Waals surface area contributed by atoms with Gasteiger partial charge in [0.25, 0.3) is 36.1 Å². The molecule has 0 aliphatic rings. The Balaban J connectivity index is 0.000000432. The second-order valence-electron chi connectivity index (χ2n) is 14.1. The van der Waals surface area contributed by atoms with Gasteiger partial charge in [0.15, 0.2) is 67.0 Å². The predicted molar refractivity (Wildman–Crippen MR) is 281 cm³/mol. The first kappa shape index (κ1) is 65.5. The Kier molecular flexibility index (Phi) is 27.9. The smallest absolute Gasteiger partial charge is 0.285 e. The van der Waals surface area contributed by atoms with Crippen LogP contribution >= 0.6 is 0 Å². The molecule has 0 saturated heterocycles. The normalized spacial score (nSPS) is 9.80. The molecule has 0 amide bonds. The molecule has 12 rings (SSSR count). The molecule has 0 atom stereocenters. The summed E-state index contributed by atoms with van der Waals surface area (Å²) in [6.07, 6.45) is 4.56. The van der Waals surface area contributed by atoms with Gasteiger partial charge >= 0.3 is 0 Å². The Hall–Kier alpha value is -7.50. The molecule has 0 unspecified atom stereocenters. The molecule has 0 aliphatic heterocycles. The molecule has 0 radical (unpaired) electrons. The molecular weight excluding hydrogens is 991 g/mol. The summed E-state index contributed by atoms with van der Waals surface area (Å²) in [5, 5.41) is 0. The second-order valence-corrected chi connectivity index (χ2v) is 14.1. The fraction of sp³-hybridized carbons (Fsp3) is 0.368. The largest absolute Gasteiger partial charge is 0.460 e. The maximum atomic E-state index is 12.7. The topological polar surface area (TPSA) is 158 Å². The predicted octanol–water partition coefficient (Wildman–Crippen LogP) is 21.9. The van der Waals surface area contributed by atoms with Crippen LogP contribution < -0.4 is 0 Å². The van der Waals surface area contributed by atoms with Gasteiger partial charge in [-0.25, -0.2) is 0 Å². The second kappa shape index (κ2) is 31.9. The van der Waals surface area contributed by atoms with Crippen molar-refractivity contribution in [1.29, 1.82) is 0 Å². The van der Waals surface area contributed by atoms with Crippen LogP contribution in [-0.2, 0) is 0 Å². The van der Waals surface area contributed by atoms with E-state index in [-0.39, 0.29) is 0 Å². The maximum absolute atomic E-state index is 12.7.